The summed E-state index contributed by atoms with van der Waals surface area (Å²) >= 11 is 1.87. The third kappa shape index (κ3) is 5.12. The Hall–Kier alpha value is -7.40. The number of nitrogens with zero attached hydrogens (tertiary/aromatic N) is 3. The maximum atomic E-state index is 2.45. The van der Waals surface area contributed by atoms with E-state index in [-0.39, 0.29) is 0 Å². The molecule has 9 aromatic carbocycles. The standard InChI is InChI=1S/C54H35N3S/c1-4-14-38(15-5-1)55(39-16-6-2-7-17-39)42-29-31-51-46(33-42)47-35-54-48(44-21-11-13-23-53(44)58-54)34-52(47)57(51)41-27-24-36(25-28-41)37-26-30-50-45(32-37)43-20-10-12-22-49(43)56(50)40-18-8-3-9-19-40/h1-35H. The summed E-state index contributed by atoms with van der Waals surface area (Å²) in [5, 5.41) is 7.60. The fraction of sp³-hybridized carbons (Fsp3) is 0. The van der Waals surface area contributed by atoms with Crippen LogP contribution in [0.4, 0.5) is 17.1 Å². The molecule has 12 aromatic rings. The van der Waals surface area contributed by atoms with Crippen molar-refractivity contribution in [3.05, 3.63) is 212 Å². The molecular formula is C54H35N3S. The SMILES string of the molecule is c1ccc(N(c2ccccc2)c2ccc3c(c2)c2cc4sc5ccccc5c4cc2n3-c2ccc(-c3ccc4c(c3)c3ccccc3n4-c3ccccc3)cc2)cc1. The largest absolute Gasteiger partial charge is 0.310 e. The molecule has 58 heavy (non-hydrogen) atoms. The van der Waals surface area contributed by atoms with Gasteiger partial charge in [-0.05, 0) is 114 Å². The first-order valence-corrected chi connectivity index (χ1v) is 20.6. The van der Waals surface area contributed by atoms with Crippen molar-refractivity contribution in [1.29, 1.82) is 0 Å². The highest BCUT2D eigenvalue weighted by atomic mass is 32.1. The zero-order chi connectivity index (χ0) is 38.2. The van der Waals surface area contributed by atoms with Crippen molar-refractivity contribution in [3.63, 3.8) is 0 Å². The predicted molar refractivity (Wildman–Crippen MR) is 248 cm³/mol. The van der Waals surface area contributed by atoms with Crippen molar-refractivity contribution in [2.75, 3.05) is 4.90 Å². The van der Waals surface area contributed by atoms with Gasteiger partial charge in [-0.3, -0.25) is 0 Å². The van der Waals surface area contributed by atoms with Crippen LogP contribution in [-0.2, 0) is 0 Å². The second-order valence-corrected chi connectivity index (χ2v) is 16.1. The topological polar surface area (TPSA) is 13.1 Å². The maximum absolute atomic E-state index is 2.45. The first-order chi connectivity index (χ1) is 28.8. The molecule has 3 heterocycles. The average molecular weight is 758 g/mol. The average Bonchev–Trinajstić information content (AvgIpc) is 3.93. The van der Waals surface area contributed by atoms with Crippen molar-refractivity contribution in [1.82, 2.24) is 9.13 Å². The van der Waals surface area contributed by atoms with Gasteiger partial charge in [-0.25, -0.2) is 0 Å². The molecule has 272 valence electrons. The molecule has 0 aliphatic carbocycles. The Balaban J connectivity index is 1.03. The molecule has 0 radical (unpaired) electrons. The Bertz CT molecular complexity index is 3450. The van der Waals surface area contributed by atoms with Crippen LogP contribution in [0.5, 0.6) is 0 Å². The quantitative estimate of drug-likeness (QED) is 0.165. The molecule has 12 rings (SSSR count). The highest BCUT2D eigenvalue weighted by Crippen LogP contribution is 2.44. The number of benzene rings is 9. The minimum Gasteiger partial charge on any atom is -0.310 e. The highest BCUT2D eigenvalue weighted by molar-refractivity contribution is 7.25. The van der Waals surface area contributed by atoms with E-state index in [1.54, 1.807) is 0 Å². The van der Waals surface area contributed by atoms with E-state index in [4.69, 9.17) is 0 Å². The fourth-order valence-electron chi connectivity index (χ4n) is 9.05. The van der Waals surface area contributed by atoms with Gasteiger partial charge < -0.3 is 14.0 Å². The van der Waals surface area contributed by atoms with E-state index in [0.29, 0.717) is 0 Å². The van der Waals surface area contributed by atoms with Crippen LogP contribution in [0, 0.1) is 0 Å². The summed E-state index contributed by atoms with van der Waals surface area (Å²) in [6.45, 7) is 0. The van der Waals surface area contributed by atoms with Crippen LogP contribution in [-0.4, -0.2) is 9.13 Å². The highest BCUT2D eigenvalue weighted by Gasteiger charge is 2.20. The smallest absolute Gasteiger partial charge is 0.0548 e. The van der Waals surface area contributed by atoms with E-state index in [0.717, 1.165) is 22.7 Å². The van der Waals surface area contributed by atoms with Crippen molar-refractivity contribution in [3.8, 4) is 22.5 Å². The van der Waals surface area contributed by atoms with Gasteiger partial charge in [0.15, 0.2) is 0 Å². The minimum atomic E-state index is 1.12. The van der Waals surface area contributed by atoms with Crippen LogP contribution >= 0.6 is 11.3 Å². The van der Waals surface area contributed by atoms with Gasteiger partial charge in [-0.15, -0.1) is 11.3 Å². The second kappa shape index (κ2) is 13.1. The van der Waals surface area contributed by atoms with Gasteiger partial charge in [0.05, 0.1) is 22.1 Å². The monoisotopic (exact) mass is 757 g/mol. The molecule has 0 atom stereocenters. The molecule has 0 amide bonds. The van der Waals surface area contributed by atoms with E-state index < -0.39 is 0 Å². The molecule has 3 aromatic heterocycles. The van der Waals surface area contributed by atoms with Gasteiger partial charge in [0, 0.05) is 70.2 Å². The first-order valence-electron chi connectivity index (χ1n) is 19.8. The summed E-state index contributed by atoms with van der Waals surface area (Å²) in [4.78, 5) is 2.35. The number of aromatic nitrogens is 2. The molecule has 0 fully saturated rings. The third-order valence-corrected chi connectivity index (χ3v) is 12.8. The van der Waals surface area contributed by atoms with Gasteiger partial charge in [-0.2, -0.15) is 0 Å². The van der Waals surface area contributed by atoms with Crippen molar-refractivity contribution >= 4 is 92.2 Å². The summed E-state index contributed by atoms with van der Waals surface area (Å²) in [6, 6.07) is 77.3. The zero-order valence-corrected chi connectivity index (χ0v) is 32.3. The predicted octanol–water partition coefficient (Wildman–Crippen LogP) is 15.4. The van der Waals surface area contributed by atoms with Crippen molar-refractivity contribution < 1.29 is 0 Å². The van der Waals surface area contributed by atoms with Crippen molar-refractivity contribution in [2.45, 2.75) is 0 Å². The Kier molecular flexibility index (Phi) is 7.40. The molecule has 3 nitrogen and oxygen atoms in total. The van der Waals surface area contributed by atoms with Crippen molar-refractivity contribution in [2.24, 2.45) is 0 Å². The van der Waals surface area contributed by atoms with E-state index in [9.17, 15) is 0 Å². The van der Waals surface area contributed by atoms with Crippen LogP contribution in [0.25, 0.3) is 86.3 Å². The molecule has 4 heteroatoms. The van der Waals surface area contributed by atoms with E-state index in [2.05, 4.69) is 226 Å². The Morgan fingerprint density at radius 3 is 1.57 bits per heavy atom. The third-order valence-electron chi connectivity index (χ3n) is 11.7. The van der Waals surface area contributed by atoms with Crippen LogP contribution in [0.1, 0.15) is 0 Å². The lowest BCUT2D eigenvalue weighted by molar-refractivity contribution is 1.18. The fourth-order valence-corrected chi connectivity index (χ4v) is 10.2. The van der Waals surface area contributed by atoms with Crippen LogP contribution < -0.4 is 4.90 Å². The normalized spacial score (nSPS) is 11.8. The van der Waals surface area contributed by atoms with E-state index in [1.807, 2.05) is 11.3 Å². The molecule has 0 aliphatic heterocycles. The van der Waals surface area contributed by atoms with E-state index in [1.165, 1.54) is 80.6 Å². The molecule has 0 spiro atoms. The number of anilines is 3. The number of hydrogen-bond donors (Lipinski definition) is 0. The molecule has 0 unspecified atom stereocenters. The van der Waals surface area contributed by atoms with Crippen LogP contribution in [0.3, 0.4) is 0 Å². The van der Waals surface area contributed by atoms with E-state index >= 15 is 0 Å². The van der Waals surface area contributed by atoms with Gasteiger partial charge in [0.25, 0.3) is 0 Å². The molecule has 0 bridgehead atoms. The summed E-state index contributed by atoms with van der Waals surface area (Å²) in [6.07, 6.45) is 0. The Morgan fingerprint density at radius 2 is 0.828 bits per heavy atom. The number of fused-ring (bicyclic) bond motifs is 9. The molecule has 0 aliphatic rings. The Morgan fingerprint density at radius 1 is 0.293 bits per heavy atom. The summed E-state index contributed by atoms with van der Waals surface area (Å²) in [5.41, 5.74) is 12.9. The summed E-state index contributed by atoms with van der Waals surface area (Å²) < 4.78 is 7.45. The van der Waals surface area contributed by atoms with Gasteiger partial charge in [0.2, 0.25) is 0 Å². The molecule has 0 saturated heterocycles. The number of para-hydroxylation sites is 4. The number of hydrogen-bond acceptors (Lipinski definition) is 2. The molecular weight excluding hydrogens is 723 g/mol. The minimum absolute atomic E-state index is 1.12. The summed E-state index contributed by atoms with van der Waals surface area (Å²) in [7, 11) is 0. The summed E-state index contributed by atoms with van der Waals surface area (Å²) in [5.74, 6) is 0. The lowest BCUT2D eigenvalue weighted by atomic mass is 10.0. The zero-order valence-electron chi connectivity index (χ0n) is 31.5. The van der Waals surface area contributed by atoms with Crippen LogP contribution in [0.2, 0.25) is 0 Å². The lowest BCUT2D eigenvalue weighted by Gasteiger charge is -2.25. The maximum Gasteiger partial charge on any atom is 0.0548 e. The molecule has 0 saturated carbocycles. The number of thiophene rings is 1. The van der Waals surface area contributed by atoms with Crippen LogP contribution in [0.15, 0.2) is 212 Å². The molecule has 0 N–H and O–H groups in total. The lowest BCUT2D eigenvalue weighted by Crippen LogP contribution is -2.09. The second-order valence-electron chi connectivity index (χ2n) is 15.0. The number of rotatable bonds is 6. The Labute approximate surface area is 339 Å². The van der Waals surface area contributed by atoms with Gasteiger partial charge in [-0.1, -0.05) is 109 Å². The van der Waals surface area contributed by atoms with Gasteiger partial charge in [0.1, 0.15) is 0 Å². The first kappa shape index (κ1) is 32.8. The van der Waals surface area contributed by atoms with Gasteiger partial charge >= 0.3 is 0 Å².